The van der Waals surface area contributed by atoms with E-state index in [0.717, 1.165) is 37.7 Å². The zero-order valence-electron chi connectivity index (χ0n) is 9.53. The van der Waals surface area contributed by atoms with Crippen molar-refractivity contribution in [3.05, 3.63) is 24.3 Å². The molecule has 0 amide bonds. The lowest BCUT2D eigenvalue weighted by Gasteiger charge is -2.24. The first-order chi connectivity index (χ1) is 7.88. The van der Waals surface area contributed by atoms with Crippen LogP contribution in [0.25, 0.3) is 0 Å². The van der Waals surface area contributed by atoms with Crippen LogP contribution in [0.2, 0.25) is 0 Å². The predicted molar refractivity (Wildman–Crippen MR) is 64.1 cm³/mol. The molecule has 2 N–H and O–H groups in total. The van der Waals surface area contributed by atoms with Crippen molar-refractivity contribution in [1.82, 2.24) is 5.32 Å². The van der Waals surface area contributed by atoms with E-state index in [-0.39, 0.29) is 6.10 Å². The lowest BCUT2D eigenvalue weighted by atomic mass is 10.2. The maximum Gasteiger partial charge on any atom is 0.119 e. The summed E-state index contributed by atoms with van der Waals surface area (Å²) in [7, 11) is 1.67. The second-order valence-electron chi connectivity index (χ2n) is 3.81. The summed E-state index contributed by atoms with van der Waals surface area (Å²) in [5, 5.41) is 6.65. The van der Waals surface area contributed by atoms with Crippen LogP contribution < -0.4 is 15.4 Å². The number of anilines is 1. The van der Waals surface area contributed by atoms with E-state index in [4.69, 9.17) is 9.47 Å². The normalized spacial score (nSPS) is 20.4. The molecule has 1 aromatic carbocycles. The van der Waals surface area contributed by atoms with Crippen LogP contribution in [0, 0.1) is 0 Å². The zero-order valence-corrected chi connectivity index (χ0v) is 9.53. The molecule has 0 saturated carbocycles. The second kappa shape index (κ2) is 5.72. The van der Waals surface area contributed by atoms with Gasteiger partial charge in [-0.1, -0.05) is 0 Å². The van der Waals surface area contributed by atoms with Crippen LogP contribution in [0.3, 0.4) is 0 Å². The zero-order chi connectivity index (χ0) is 11.2. The summed E-state index contributed by atoms with van der Waals surface area (Å²) >= 11 is 0. The van der Waals surface area contributed by atoms with Gasteiger partial charge < -0.3 is 20.1 Å². The summed E-state index contributed by atoms with van der Waals surface area (Å²) in [6, 6.07) is 7.91. The van der Waals surface area contributed by atoms with Crippen LogP contribution >= 0.6 is 0 Å². The number of morpholine rings is 1. The van der Waals surface area contributed by atoms with E-state index < -0.39 is 0 Å². The number of methoxy groups -OCH3 is 1. The molecule has 1 saturated heterocycles. The molecule has 1 aromatic rings. The fourth-order valence-corrected chi connectivity index (χ4v) is 1.69. The summed E-state index contributed by atoms with van der Waals surface area (Å²) in [4.78, 5) is 0. The highest BCUT2D eigenvalue weighted by atomic mass is 16.5. The Morgan fingerprint density at radius 2 is 2.25 bits per heavy atom. The van der Waals surface area contributed by atoms with Gasteiger partial charge in [-0.05, 0) is 24.3 Å². The quantitative estimate of drug-likeness (QED) is 0.800. The van der Waals surface area contributed by atoms with E-state index in [1.807, 2.05) is 24.3 Å². The van der Waals surface area contributed by atoms with Crippen molar-refractivity contribution in [2.45, 2.75) is 6.10 Å². The van der Waals surface area contributed by atoms with E-state index in [0.29, 0.717) is 0 Å². The maximum absolute atomic E-state index is 5.59. The van der Waals surface area contributed by atoms with Gasteiger partial charge in [0, 0.05) is 25.3 Å². The van der Waals surface area contributed by atoms with Gasteiger partial charge in [-0.3, -0.25) is 0 Å². The molecule has 0 aliphatic carbocycles. The van der Waals surface area contributed by atoms with E-state index >= 15 is 0 Å². The van der Waals surface area contributed by atoms with Gasteiger partial charge in [-0.25, -0.2) is 0 Å². The molecule has 88 valence electrons. The summed E-state index contributed by atoms with van der Waals surface area (Å²) in [6.07, 6.45) is 0.260. The van der Waals surface area contributed by atoms with Gasteiger partial charge >= 0.3 is 0 Å². The average Bonchev–Trinajstić information content (AvgIpc) is 2.38. The van der Waals surface area contributed by atoms with E-state index in [1.165, 1.54) is 0 Å². The smallest absolute Gasteiger partial charge is 0.119 e. The maximum atomic E-state index is 5.59. The summed E-state index contributed by atoms with van der Waals surface area (Å²) in [5.41, 5.74) is 1.09. The largest absolute Gasteiger partial charge is 0.497 e. The molecular weight excluding hydrogens is 204 g/mol. The molecule has 16 heavy (non-hydrogen) atoms. The second-order valence-corrected chi connectivity index (χ2v) is 3.81. The van der Waals surface area contributed by atoms with E-state index in [2.05, 4.69) is 10.6 Å². The molecule has 4 heteroatoms. The third kappa shape index (κ3) is 3.12. The lowest BCUT2D eigenvalue weighted by molar-refractivity contribution is 0.0372. The van der Waals surface area contributed by atoms with Gasteiger partial charge in [0.25, 0.3) is 0 Å². The number of ether oxygens (including phenoxy) is 2. The Morgan fingerprint density at radius 3 is 2.88 bits per heavy atom. The molecule has 1 atom stereocenters. The van der Waals surface area contributed by atoms with E-state index in [9.17, 15) is 0 Å². The molecule has 0 bridgehead atoms. The highest BCUT2D eigenvalue weighted by Gasteiger charge is 2.12. The third-order valence-electron chi connectivity index (χ3n) is 2.63. The van der Waals surface area contributed by atoms with Gasteiger partial charge in [0.05, 0.1) is 19.8 Å². The van der Waals surface area contributed by atoms with Crippen LogP contribution in [-0.4, -0.2) is 39.5 Å². The van der Waals surface area contributed by atoms with Gasteiger partial charge in [-0.15, -0.1) is 0 Å². The summed E-state index contributed by atoms with van der Waals surface area (Å²) in [6.45, 7) is 3.51. The number of hydrogen-bond acceptors (Lipinski definition) is 4. The topological polar surface area (TPSA) is 42.5 Å². The van der Waals surface area contributed by atoms with Crippen molar-refractivity contribution in [2.75, 3.05) is 38.7 Å². The molecule has 1 heterocycles. The number of benzene rings is 1. The first-order valence-electron chi connectivity index (χ1n) is 5.59. The highest BCUT2D eigenvalue weighted by molar-refractivity contribution is 5.46. The molecule has 2 rings (SSSR count). The van der Waals surface area contributed by atoms with Gasteiger partial charge in [0.15, 0.2) is 0 Å². The molecule has 1 unspecified atom stereocenters. The monoisotopic (exact) mass is 222 g/mol. The van der Waals surface area contributed by atoms with Gasteiger partial charge in [0.1, 0.15) is 5.75 Å². The SMILES string of the molecule is COc1ccc(NCC2CNCCO2)cc1. The third-order valence-corrected chi connectivity index (χ3v) is 2.63. The van der Waals surface area contributed by atoms with E-state index in [1.54, 1.807) is 7.11 Å². The predicted octanol–water partition coefficient (Wildman–Crippen LogP) is 1.10. The van der Waals surface area contributed by atoms with Crippen LogP contribution in [-0.2, 0) is 4.74 Å². The Morgan fingerprint density at radius 1 is 1.44 bits per heavy atom. The molecular formula is C12H18N2O2. The van der Waals surface area contributed by atoms with Crippen LogP contribution in [0.15, 0.2) is 24.3 Å². The molecule has 4 nitrogen and oxygen atoms in total. The van der Waals surface area contributed by atoms with Crippen molar-refractivity contribution in [2.24, 2.45) is 0 Å². The molecule has 0 spiro atoms. The minimum Gasteiger partial charge on any atom is -0.497 e. The molecule has 0 aromatic heterocycles. The van der Waals surface area contributed by atoms with Crippen molar-refractivity contribution >= 4 is 5.69 Å². The van der Waals surface area contributed by atoms with Gasteiger partial charge in [0.2, 0.25) is 0 Å². The Labute approximate surface area is 95.9 Å². The standard InChI is InChI=1S/C12H18N2O2/c1-15-11-4-2-10(3-5-11)14-9-12-8-13-6-7-16-12/h2-5,12-14H,6-9H2,1H3. The van der Waals surface area contributed by atoms with Crippen molar-refractivity contribution in [3.63, 3.8) is 0 Å². The van der Waals surface area contributed by atoms with Crippen molar-refractivity contribution < 1.29 is 9.47 Å². The minimum absolute atomic E-state index is 0.260. The van der Waals surface area contributed by atoms with Crippen LogP contribution in [0.4, 0.5) is 5.69 Å². The number of rotatable bonds is 4. The fraction of sp³-hybridized carbons (Fsp3) is 0.500. The minimum atomic E-state index is 0.260. The summed E-state index contributed by atoms with van der Waals surface area (Å²) < 4.78 is 10.7. The van der Waals surface area contributed by atoms with Crippen molar-refractivity contribution in [3.8, 4) is 5.75 Å². The van der Waals surface area contributed by atoms with Crippen LogP contribution in [0.5, 0.6) is 5.75 Å². The average molecular weight is 222 g/mol. The first kappa shape index (κ1) is 11.2. The lowest BCUT2D eigenvalue weighted by Crippen LogP contribution is -2.42. The fourth-order valence-electron chi connectivity index (χ4n) is 1.69. The highest BCUT2D eigenvalue weighted by Crippen LogP contribution is 2.15. The Bertz CT molecular complexity index is 307. The summed E-state index contributed by atoms with van der Waals surface area (Å²) in [5.74, 6) is 0.876. The molecule has 1 fully saturated rings. The molecule has 1 aliphatic rings. The Hall–Kier alpha value is -1.26. The Balaban J connectivity index is 1.79. The molecule has 1 aliphatic heterocycles. The first-order valence-corrected chi connectivity index (χ1v) is 5.59. The number of hydrogen-bond donors (Lipinski definition) is 2. The Kier molecular flexibility index (Phi) is 4.02. The van der Waals surface area contributed by atoms with Crippen LogP contribution in [0.1, 0.15) is 0 Å². The molecule has 0 radical (unpaired) electrons. The number of nitrogens with one attached hydrogen (secondary N) is 2. The van der Waals surface area contributed by atoms with Gasteiger partial charge in [-0.2, -0.15) is 0 Å². The van der Waals surface area contributed by atoms with Crippen molar-refractivity contribution in [1.29, 1.82) is 0 Å².